The van der Waals surface area contributed by atoms with Crippen LogP contribution in [-0.4, -0.2) is 57.7 Å². The number of rotatable bonds is 0. The molecule has 0 radical (unpaired) electrons. The largest absolute Gasteiger partial charge is 0.459 e. The molecule has 5 atom stereocenters. The topological polar surface area (TPSA) is 116 Å². The first-order chi connectivity index (χ1) is 9.86. The SMILES string of the molecule is CC1[C@@H](O)[C@@H](O)[C@H]2C[C@]1(O)C(=O)NCC=CCCC(=O)O2. The van der Waals surface area contributed by atoms with E-state index in [1.807, 2.05) is 0 Å². The second-order valence-electron chi connectivity index (χ2n) is 5.65. The summed E-state index contributed by atoms with van der Waals surface area (Å²) in [6, 6.07) is 0. The van der Waals surface area contributed by atoms with Crippen LogP contribution in [0.25, 0.3) is 0 Å². The van der Waals surface area contributed by atoms with Crippen molar-refractivity contribution < 1.29 is 29.6 Å². The first-order valence-electron chi connectivity index (χ1n) is 7.07. The zero-order valence-electron chi connectivity index (χ0n) is 11.9. The third kappa shape index (κ3) is 3.09. The number of aliphatic hydroxyl groups excluding tert-OH is 2. The third-order valence-electron chi connectivity index (χ3n) is 4.25. The zero-order chi connectivity index (χ0) is 15.6. The molecule has 2 bridgehead atoms. The zero-order valence-corrected chi connectivity index (χ0v) is 11.9. The van der Waals surface area contributed by atoms with Gasteiger partial charge in [0.2, 0.25) is 0 Å². The molecule has 2 aliphatic rings. The van der Waals surface area contributed by atoms with Crippen molar-refractivity contribution in [2.45, 2.75) is 50.1 Å². The smallest absolute Gasteiger partial charge is 0.306 e. The van der Waals surface area contributed by atoms with Gasteiger partial charge in [0.15, 0.2) is 5.60 Å². The number of hydrogen-bond donors (Lipinski definition) is 4. The molecule has 0 aromatic rings. The number of allylic oxidation sites excluding steroid dienone is 1. The Kier molecular flexibility index (Phi) is 4.65. The first-order valence-corrected chi connectivity index (χ1v) is 7.07. The van der Waals surface area contributed by atoms with E-state index in [9.17, 15) is 24.9 Å². The van der Waals surface area contributed by atoms with Crippen LogP contribution in [0.5, 0.6) is 0 Å². The van der Waals surface area contributed by atoms with Gasteiger partial charge in [-0.25, -0.2) is 0 Å². The van der Waals surface area contributed by atoms with Crippen LogP contribution in [0.4, 0.5) is 0 Å². The number of esters is 1. The van der Waals surface area contributed by atoms with Crippen molar-refractivity contribution in [2.75, 3.05) is 6.54 Å². The standard InChI is InChI=1S/C14H21NO6/c1-8-11(17)12(18)9-7-14(8,20)13(19)15-6-4-2-3-5-10(16)21-9/h2,4,8-9,11-12,17-18,20H,3,5-7H2,1H3,(H,15,19)/t8?,9-,11-,12+,14-/m1/s1. The van der Waals surface area contributed by atoms with Crippen LogP contribution >= 0.6 is 0 Å². The minimum atomic E-state index is -1.89. The molecule has 1 fully saturated rings. The van der Waals surface area contributed by atoms with Crippen LogP contribution < -0.4 is 5.32 Å². The summed E-state index contributed by atoms with van der Waals surface area (Å²) in [6.45, 7) is 1.71. The summed E-state index contributed by atoms with van der Waals surface area (Å²) in [5, 5.41) is 33.2. The van der Waals surface area contributed by atoms with Crippen molar-refractivity contribution in [3.63, 3.8) is 0 Å². The minimum Gasteiger partial charge on any atom is -0.459 e. The van der Waals surface area contributed by atoms with Crippen LogP contribution in [0, 0.1) is 5.92 Å². The summed E-state index contributed by atoms with van der Waals surface area (Å²) in [5.41, 5.74) is -1.89. The normalized spacial score (nSPS) is 41.5. The maximum Gasteiger partial charge on any atom is 0.306 e. The number of carbonyl (C=O) groups excluding carboxylic acids is 2. The van der Waals surface area contributed by atoms with Crippen LogP contribution in [-0.2, 0) is 14.3 Å². The lowest BCUT2D eigenvalue weighted by Gasteiger charge is -2.45. The number of fused-ring (bicyclic) bond motifs is 2. The maximum atomic E-state index is 12.2. The molecule has 4 N–H and O–H groups in total. The highest BCUT2D eigenvalue weighted by atomic mass is 16.6. The lowest BCUT2D eigenvalue weighted by Crippen LogP contribution is -2.64. The number of nitrogens with one attached hydrogen (secondary N) is 1. The monoisotopic (exact) mass is 299 g/mol. The molecular weight excluding hydrogens is 278 g/mol. The average Bonchev–Trinajstić information content (AvgIpc) is 2.44. The Morgan fingerprint density at radius 1 is 1.29 bits per heavy atom. The summed E-state index contributed by atoms with van der Waals surface area (Å²) in [4.78, 5) is 23.9. The van der Waals surface area contributed by atoms with Crippen molar-refractivity contribution in [1.82, 2.24) is 5.32 Å². The fourth-order valence-corrected chi connectivity index (χ4v) is 2.76. The summed E-state index contributed by atoms with van der Waals surface area (Å²) < 4.78 is 5.12. The molecule has 7 nitrogen and oxygen atoms in total. The molecule has 1 aliphatic carbocycles. The molecule has 1 heterocycles. The molecular formula is C14H21NO6. The van der Waals surface area contributed by atoms with Crippen LogP contribution in [0.1, 0.15) is 26.2 Å². The number of carbonyl (C=O) groups is 2. The van der Waals surface area contributed by atoms with Gasteiger partial charge in [-0.15, -0.1) is 0 Å². The molecule has 1 saturated carbocycles. The molecule has 0 saturated heterocycles. The Morgan fingerprint density at radius 2 is 2.00 bits per heavy atom. The molecule has 1 amide bonds. The summed E-state index contributed by atoms with van der Waals surface area (Å²) in [6.07, 6.45) is -0.0138. The Bertz CT molecular complexity index is 451. The molecule has 0 spiro atoms. The van der Waals surface area contributed by atoms with E-state index in [0.29, 0.717) is 6.42 Å². The van der Waals surface area contributed by atoms with Gasteiger partial charge >= 0.3 is 5.97 Å². The quantitative estimate of drug-likeness (QED) is 0.332. The highest BCUT2D eigenvalue weighted by Gasteiger charge is 2.55. The van der Waals surface area contributed by atoms with Crippen LogP contribution in [0.15, 0.2) is 12.2 Å². The number of ether oxygens (including phenoxy) is 1. The van der Waals surface area contributed by atoms with E-state index in [1.165, 1.54) is 6.92 Å². The average molecular weight is 299 g/mol. The Hall–Kier alpha value is -1.44. The maximum absolute atomic E-state index is 12.2. The second kappa shape index (κ2) is 6.13. The summed E-state index contributed by atoms with van der Waals surface area (Å²) in [5.74, 6) is -2.06. The van der Waals surface area contributed by atoms with Gasteiger partial charge in [-0.05, 0) is 6.42 Å². The van der Waals surface area contributed by atoms with Gasteiger partial charge in [0.05, 0.1) is 6.10 Å². The van der Waals surface area contributed by atoms with Crippen LogP contribution in [0.2, 0.25) is 0 Å². The minimum absolute atomic E-state index is 0.137. The molecule has 0 aromatic carbocycles. The van der Waals surface area contributed by atoms with E-state index in [1.54, 1.807) is 12.2 Å². The highest BCUT2D eigenvalue weighted by molar-refractivity contribution is 5.85. The number of hydrogen-bond acceptors (Lipinski definition) is 6. The van der Waals surface area contributed by atoms with E-state index >= 15 is 0 Å². The number of aliphatic hydroxyl groups is 3. The van der Waals surface area contributed by atoms with Gasteiger partial charge in [0, 0.05) is 25.3 Å². The molecule has 0 aromatic heterocycles. The van der Waals surface area contributed by atoms with E-state index in [0.717, 1.165) is 0 Å². The summed E-state index contributed by atoms with van der Waals surface area (Å²) in [7, 11) is 0. The summed E-state index contributed by atoms with van der Waals surface area (Å²) >= 11 is 0. The van der Waals surface area contributed by atoms with Gasteiger partial charge in [0.1, 0.15) is 12.2 Å². The molecule has 21 heavy (non-hydrogen) atoms. The third-order valence-corrected chi connectivity index (χ3v) is 4.25. The Morgan fingerprint density at radius 3 is 2.71 bits per heavy atom. The van der Waals surface area contributed by atoms with Crippen molar-refractivity contribution in [3.8, 4) is 0 Å². The lowest BCUT2D eigenvalue weighted by atomic mass is 9.71. The fourth-order valence-electron chi connectivity index (χ4n) is 2.76. The highest BCUT2D eigenvalue weighted by Crippen LogP contribution is 2.36. The van der Waals surface area contributed by atoms with Crippen molar-refractivity contribution in [2.24, 2.45) is 5.92 Å². The Balaban J connectivity index is 2.30. The predicted octanol–water partition coefficient (Wildman–Crippen LogP) is -1.14. The fraction of sp³-hybridized carbons (Fsp3) is 0.714. The van der Waals surface area contributed by atoms with Crippen LogP contribution in [0.3, 0.4) is 0 Å². The first kappa shape index (κ1) is 15.9. The van der Waals surface area contributed by atoms with E-state index in [4.69, 9.17) is 4.74 Å². The number of amides is 1. The van der Waals surface area contributed by atoms with Gasteiger partial charge in [0.25, 0.3) is 5.91 Å². The predicted molar refractivity (Wildman–Crippen MR) is 72.0 cm³/mol. The van der Waals surface area contributed by atoms with Crippen molar-refractivity contribution >= 4 is 11.9 Å². The molecule has 1 unspecified atom stereocenters. The molecule has 118 valence electrons. The van der Waals surface area contributed by atoms with Gasteiger partial charge in [-0.2, -0.15) is 0 Å². The van der Waals surface area contributed by atoms with Crippen molar-refractivity contribution in [3.05, 3.63) is 12.2 Å². The molecule has 1 aliphatic heterocycles. The van der Waals surface area contributed by atoms with Crippen molar-refractivity contribution in [1.29, 1.82) is 0 Å². The second-order valence-corrected chi connectivity index (χ2v) is 5.65. The van der Waals surface area contributed by atoms with Gasteiger partial charge < -0.3 is 25.4 Å². The molecule has 2 rings (SSSR count). The molecule has 7 heteroatoms. The Labute approximate surface area is 122 Å². The lowest BCUT2D eigenvalue weighted by molar-refractivity contribution is -0.206. The van der Waals surface area contributed by atoms with E-state index in [-0.39, 0.29) is 19.4 Å². The van der Waals surface area contributed by atoms with E-state index in [2.05, 4.69) is 5.32 Å². The van der Waals surface area contributed by atoms with Gasteiger partial charge in [-0.3, -0.25) is 9.59 Å². The van der Waals surface area contributed by atoms with Gasteiger partial charge in [-0.1, -0.05) is 19.1 Å². The van der Waals surface area contributed by atoms with E-state index < -0.39 is 41.7 Å².